The minimum atomic E-state index is -1.23. The Hall–Kier alpha value is -0.801. The fourth-order valence-corrected chi connectivity index (χ4v) is 2.29. The largest absolute Gasteiger partial charge is 1.00 e. The molecule has 0 aromatic heterocycles. The van der Waals surface area contributed by atoms with Gasteiger partial charge in [-0.3, -0.25) is 0 Å². The number of carboxylic acids is 2. The van der Waals surface area contributed by atoms with E-state index in [4.69, 9.17) is 9.90 Å². The van der Waals surface area contributed by atoms with Crippen molar-refractivity contribution in [2.45, 2.75) is 96.8 Å². The summed E-state index contributed by atoms with van der Waals surface area (Å²) in [7, 11) is 0. The summed E-state index contributed by atoms with van der Waals surface area (Å²) in [6.07, 6.45) is 17.7. The summed E-state index contributed by atoms with van der Waals surface area (Å²) in [6.45, 7) is 5.16. The van der Waals surface area contributed by atoms with Crippen molar-refractivity contribution in [3.8, 4) is 0 Å². The van der Waals surface area contributed by atoms with Gasteiger partial charge in [0, 0.05) is 5.97 Å². The molecule has 0 saturated heterocycles. The second-order valence-corrected chi connectivity index (χ2v) is 5.89. The molecule has 24 heavy (non-hydrogen) atoms. The van der Waals surface area contributed by atoms with Gasteiger partial charge in [-0.25, -0.2) is 0 Å². The number of unbranched alkanes of at least 4 members (excludes halogenated alkanes) is 12. The Bertz CT molecular complexity index is 293. The van der Waals surface area contributed by atoms with Gasteiger partial charge in [0.2, 0.25) is 0 Å². The van der Waals surface area contributed by atoms with Crippen molar-refractivity contribution in [2.24, 2.45) is 0 Å². The van der Waals surface area contributed by atoms with E-state index in [9.17, 15) is 9.90 Å². The molecular weight excluding hydrogens is 356 g/mol. The van der Waals surface area contributed by atoms with Gasteiger partial charge in [-0.1, -0.05) is 90.6 Å². The Morgan fingerprint density at radius 2 is 1.04 bits per heavy atom. The molecule has 0 aromatic rings. The van der Waals surface area contributed by atoms with Gasteiger partial charge in [-0.15, -0.1) is 0 Å². The molecule has 0 saturated carbocycles. The third-order valence-corrected chi connectivity index (χ3v) is 3.65. The predicted octanol–water partition coefficient (Wildman–Crippen LogP) is 3.14. The number of carbonyl (C=O) groups excluding carboxylic acids is 2. The first-order valence-electron chi connectivity index (χ1n) is 9.07. The second-order valence-electron chi connectivity index (χ2n) is 5.89. The van der Waals surface area contributed by atoms with Crippen molar-refractivity contribution in [3.63, 3.8) is 0 Å². The summed E-state index contributed by atoms with van der Waals surface area (Å²) < 4.78 is 0. The number of carboxylic acid groups (broad SMARTS) is 2. The molecule has 0 spiro atoms. The van der Waals surface area contributed by atoms with Gasteiger partial charge in [0.15, 0.2) is 0 Å². The van der Waals surface area contributed by atoms with Crippen LogP contribution in [0.2, 0.25) is 0 Å². The number of aliphatic carboxylic acids is 2. The van der Waals surface area contributed by atoms with Crippen molar-refractivity contribution in [1.82, 2.24) is 0 Å². The summed E-state index contributed by atoms with van der Waals surface area (Å²) in [5.41, 5.74) is 0. The minimum absolute atomic E-state index is 0. The summed E-state index contributed by atoms with van der Waals surface area (Å²) in [6, 6.07) is 0. The predicted molar refractivity (Wildman–Crippen MR) is 90.5 cm³/mol. The first-order valence-corrected chi connectivity index (χ1v) is 9.07. The van der Waals surface area contributed by atoms with Gasteiger partial charge in [0.25, 0.3) is 0 Å². The van der Waals surface area contributed by atoms with Crippen LogP contribution in [0.4, 0.5) is 0 Å². The van der Waals surface area contributed by atoms with Gasteiger partial charge in [0.05, 0.1) is 5.97 Å². The maximum absolute atomic E-state index is 10.2. The Balaban J connectivity index is -0.000000639. The number of rotatable bonds is 15. The van der Waals surface area contributed by atoms with Crippen molar-refractivity contribution in [1.29, 1.82) is 0 Å². The van der Waals surface area contributed by atoms with E-state index in [1.54, 1.807) is 0 Å². The Kier molecular flexibility index (Phi) is 28.5. The summed E-state index contributed by atoms with van der Waals surface area (Å²) >= 11 is 0. The van der Waals surface area contributed by atoms with Gasteiger partial charge < -0.3 is 19.8 Å². The van der Waals surface area contributed by atoms with Crippen LogP contribution >= 0.6 is 0 Å². The third-order valence-electron chi connectivity index (χ3n) is 3.65. The molecule has 5 heteroatoms. The first kappa shape index (κ1) is 28.0. The van der Waals surface area contributed by atoms with Crippen LogP contribution in [0.3, 0.4) is 0 Å². The number of carbonyl (C=O) groups is 2. The molecular formula is C19H34CuO4-. The van der Waals surface area contributed by atoms with Gasteiger partial charge >= 0.3 is 17.1 Å². The van der Waals surface area contributed by atoms with Crippen molar-refractivity contribution in [3.05, 3.63) is 12.7 Å². The van der Waals surface area contributed by atoms with Gasteiger partial charge in [0.1, 0.15) is 0 Å². The smallest absolute Gasteiger partial charge is 0.550 e. The molecule has 0 rings (SSSR count). The second kappa shape index (κ2) is 24.5. The van der Waals surface area contributed by atoms with E-state index in [1.165, 1.54) is 70.6 Å². The fourth-order valence-electron chi connectivity index (χ4n) is 2.29. The van der Waals surface area contributed by atoms with Crippen LogP contribution in [-0.2, 0) is 26.7 Å². The van der Waals surface area contributed by atoms with Crippen LogP contribution in [-0.4, -0.2) is 11.9 Å². The molecule has 0 amide bonds. The van der Waals surface area contributed by atoms with E-state index in [1.807, 2.05) is 0 Å². The fraction of sp³-hybridized carbons (Fsp3) is 0.789. The minimum Gasteiger partial charge on any atom is -0.550 e. The molecule has 0 N–H and O–H groups in total. The Morgan fingerprint density at radius 1 is 0.750 bits per heavy atom. The number of hydrogen-bond donors (Lipinski definition) is 0. The van der Waals surface area contributed by atoms with E-state index in [2.05, 4.69) is 13.5 Å². The molecule has 0 aliphatic rings. The van der Waals surface area contributed by atoms with E-state index in [0.29, 0.717) is 0 Å². The third kappa shape index (κ3) is 33.0. The molecule has 0 aliphatic carbocycles. The normalized spacial score (nSPS) is 9.38. The monoisotopic (exact) mass is 389 g/mol. The molecule has 0 aromatic carbocycles. The topological polar surface area (TPSA) is 80.3 Å². The summed E-state index contributed by atoms with van der Waals surface area (Å²) in [4.78, 5) is 19.3. The van der Waals surface area contributed by atoms with Crippen LogP contribution in [0.5, 0.6) is 0 Å². The molecule has 0 radical (unpaired) electrons. The molecule has 4 nitrogen and oxygen atoms in total. The van der Waals surface area contributed by atoms with Crippen LogP contribution in [0.15, 0.2) is 12.7 Å². The zero-order valence-electron chi connectivity index (χ0n) is 15.1. The molecule has 0 bridgehead atoms. The molecule has 0 atom stereocenters. The Labute approximate surface area is 158 Å². The average Bonchev–Trinajstić information content (AvgIpc) is 2.52. The maximum atomic E-state index is 10.2. The van der Waals surface area contributed by atoms with Gasteiger partial charge in [-0.2, -0.15) is 0 Å². The molecule has 0 fully saturated rings. The van der Waals surface area contributed by atoms with E-state index in [-0.39, 0.29) is 23.5 Å². The Morgan fingerprint density at radius 3 is 1.29 bits per heavy atom. The summed E-state index contributed by atoms with van der Waals surface area (Å²) in [5, 5.41) is 19.3. The maximum Gasteiger partial charge on any atom is 1.00 e. The van der Waals surface area contributed by atoms with E-state index in [0.717, 1.165) is 18.9 Å². The average molecular weight is 390 g/mol. The van der Waals surface area contributed by atoms with Crippen LogP contribution < -0.4 is 10.2 Å². The zero-order valence-corrected chi connectivity index (χ0v) is 16.1. The molecule has 0 aliphatic heterocycles. The van der Waals surface area contributed by atoms with E-state index < -0.39 is 11.9 Å². The zero-order chi connectivity index (χ0) is 17.8. The molecule has 0 heterocycles. The SMILES string of the molecule is C=CC(=O)[O-].CCCCCCCCCCCCCCCC(=O)[O-].[Cu+]. The standard InChI is InChI=1S/C16H32O2.C3H4O2.Cu/c1-2-3-4-5-6-7-8-9-10-11-12-13-14-15-16(17)18;1-2-3(4)5;/h2-15H2,1H3,(H,17,18);2H,1H2,(H,4,5);/q;;+1/p-2. The molecule has 146 valence electrons. The van der Waals surface area contributed by atoms with Gasteiger partial charge in [-0.05, 0) is 18.9 Å². The van der Waals surface area contributed by atoms with Crippen LogP contribution in [0, 0.1) is 0 Å². The van der Waals surface area contributed by atoms with Crippen molar-refractivity contribution < 1.29 is 36.9 Å². The van der Waals surface area contributed by atoms with Crippen molar-refractivity contribution >= 4 is 11.9 Å². The number of hydrogen-bond acceptors (Lipinski definition) is 4. The van der Waals surface area contributed by atoms with Crippen molar-refractivity contribution in [2.75, 3.05) is 0 Å². The summed E-state index contributed by atoms with van der Waals surface area (Å²) in [5.74, 6) is -2.14. The van der Waals surface area contributed by atoms with Crippen LogP contribution in [0.25, 0.3) is 0 Å². The van der Waals surface area contributed by atoms with Crippen LogP contribution in [0.1, 0.15) is 96.8 Å². The first-order chi connectivity index (χ1) is 11.0. The quantitative estimate of drug-likeness (QED) is 0.245. The van der Waals surface area contributed by atoms with E-state index >= 15 is 0 Å². The molecule has 0 unspecified atom stereocenters.